The van der Waals surface area contributed by atoms with Gasteiger partial charge in [-0.2, -0.15) is 0 Å². The second-order valence-electron chi connectivity index (χ2n) is 5.75. The molecule has 8 nitrogen and oxygen atoms in total. The Kier molecular flexibility index (Phi) is 5.91. The van der Waals surface area contributed by atoms with Crippen LogP contribution in [0.25, 0.3) is 0 Å². The molecule has 1 aromatic carbocycles. The first-order valence-corrected chi connectivity index (χ1v) is 7.03. The first kappa shape index (κ1) is 18.7. The van der Waals surface area contributed by atoms with Gasteiger partial charge in [0.2, 0.25) is 0 Å². The van der Waals surface area contributed by atoms with Crippen LogP contribution in [0.5, 0.6) is 0 Å². The molecule has 23 heavy (non-hydrogen) atoms. The number of nitro benzene ring substituents is 1. The van der Waals surface area contributed by atoms with Gasteiger partial charge in [0.15, 0.2) is 0 Å². The third kappa shape index (κ3) is 5.74. The Balaban J connectivity index is 2.98. The molecule has 0 fully saturated rings. The summed E-state index contributed by atoms with van der Waals surface area (Å²) in [6.07, 6.45) is -1.22. The third-order valence-corrected chi connectivity index (χ3v) is 2.97. The molecule has 0 radical (unpaired) electrons. The minimum Gasteiger partial charge on any atom is -0.480 e. The van der Waals surface area contributed by atoms with Gasteiger partial charge in [-0.15, -0.1) is 0 Å². The van der Waals surface area contributed by atoms with Gasteiger partial charge in [-0.25, -0.2) is 9.59 Å². The van der Waals surface area contributed by atoms with Crippen LogP contribution in [0.2, 0.25) is 5.02 Å². The van der Waals surface area contributed by atoms with Crippen LogP contribution in [0, 0.1) is 10.1 Å². The minimum absolute atomic E-state index is 0.103. The molecule has 1 amide bonds. The Hall–Kier alpha value is -2.35. The lowest BCUT2D eigenvalue weighted by Gasteiger charge is -2.22. The zero-order valence-electron chi connectivity index (χ0n) is 12.8. The molecule has 0 spiro atoms. The van der Waals surface area contributed by atoms with E-state index in [1.165, 1.54) is 18.2 Å². The summed E-state index contributed by atoms with van der Waals surface area (Å²) in [7, 11) is 0. The normalized spacial score (nSPS) is 12.3. The Morgan fingerprint density at radius 3 is 2.52 bits per heavy atom. The Bertz CT molecular complexity index is 626. The van der Waals surface area contributed by atoms with Crippen molar-refractivity contribution in [3.8, 4) is 0 Å². The molecule has 0 heterocycles. The number of rotatable bonds is 5. The second kappa shape index (κ2) is 7.28. The summed E-state index contributed by atoms with van der Waals surface area (Å²) in [4.78, 5) is 33.4. The zero-order valence-corrected chi connectivity index (χ0v) is 13.6. The van der Waals surface area contributed by atoms with E-state index in [9.17, 15) is 24.8 Å². The van der Waals surface area contributed by atoms with Crippen LogP contribution in [-0.2, 0) is 16.0 Å². The summed E-state index contributed by atoms with van der Waals surface area (Å²) in [5.74, 6) is -1.34. The SMILES string of the molecule is CC(C)(C)OC(=O)N[C@@H](Cc1cccc(Cl)c1[N+](=O)[O-])C(=O)O. The lowest BCUT2D eigenvalue weighted by molar-refractivity contribution is -0.385. The summed E-state index contributed by atoms with van der Waals surface area (Å²) in [5, 5.41) is 22.4. The lowest BCUT2D eigenvalue weighted by atomic mass is 10.0. The molecule has 1 rings (SSSR count). The number of nitro groups is 1. The first-order chi connectivity index (χ1) is 10.5. The minimum atomic E-state index is -1.39. The molecular weight excluding hydrogens is 328 g/mol. The van der Waals surface area contributed by atoms with Gasteiger partial charge in [0, 0.05) is 12.0 Å². The molecule has 0 saturated heterocycles. The summed E-state index contributed by atoms with van der Waals surface area (Å²) in [6.45, 7) is 4.89. The predicted molar refractivity (Wildman–Crippen MR) is 82.6 cm³/mol. The Morgan fingerprint density at radius 1 is 1.43 bits per heavy atom. The summed E-state index contributed by atoms with van der Waals surface area (Å²) in [6, 6.07) is 2.80. The largest absolute Gasteiger partial charge is 0.480 e. The number of ether oxygens (including phenoxy) is 1. The highest BCUT2D eigenvalue weighted by Crippen LogP contribution is 2.29. The quantitative estimate of drug-likeness (QED) is 0.626. The number of alkyl carbamates (subject to hydrolysis) is 1. The summed E-state index contributed by atoms with van der Waals surface area (Å²) >= 11 is 5.78. The van der Waals surface area contributed by atoms with Crippen molar-refractivity contribution in [1.29, 1.82) is 0 Å². The van der Waals surface area contributed by atoms with Gasteiger partial charge in [-0.05, 0) is 26.8 Å². The van der Waals surface area contributed by atoms with E-state index >= 15 is 0 Å². The van der Waals surface area contributed by atoms with E-state index in [1.54, 1.807) is 20.8 Å². The highest BCUT2D eigenvalue weighted by Gasteiger charge is 2.28. The molecule has 1 atom stereocenters. The van der Waals surface area contributed by atoms with Crippen LogP contribution in [0.15, 0.2) is 18.2 Å². The Labute approximate surface area is 137 Å². The van der Waals surface area contributed by atoms with Crippen molar-refractivity contribution in [2.75, 3.05) is 0 Å². The van der Waals surface area contributed by atoms with Crippen molar-refractivity contribution < 1.29 is 24.4 Å². The van der Waals surface area contributed by atoms with E-state index in [1.807, 2.05) is 0 Å². The molecule has 0 aliphatic carbocycles. The molecule has 0 aliphatic rings. The topological polar surface area (TPSA) is 119 Å². The van der Waals surface area contributed by atoms with Gasteiger partial charge in [0.1, 0.15) is 16.7 Å². The van der Waals surface area contributed by atoms with E-state index in [0.29, 0.717) is 0 Å². The molecule has 0 unspecified atom stereocenters. The van der Waals surface area contributed by atoms with Crippen molar-refractivity contribution in [1.82, 2.24) is 5.32 Å². The molecule has 1 aromatic rings. The number of nitrogens with one attached hydrogen (secondary N) is 1. The molecular formula is C14H17ClN2O6. The standard InChI is InChI=1S/C14H17ClN2O6/c1-14(2,3)23-13(20)16-10(12(18)19)7-8-5-4-6-9(15)11(8)17(21)22/h4-6,10H,7H2,1-3H3,(H,16,20)(H,18,19)/t10-/m0/s1. The third-order valence-electron chi connectivity index (χ3n) is 2.67. The highest BCUT2D eigenvalue weighted by atomic mass is 35.5. The maximum atomic E-state index is 11.7. The van der Waals surface area contributed by atoms with Crippen molar-refractivity contribution >= 4 is 29.4 Å². The fourth-order valence-electron chi connectivity index (χ4n) is 1.80. The molecule has 126 valence electrons. The maximum Gasteiger partial charge on any atom is 0.408 e. The number of para-hydroxylation sites is 1. The van der Waals surface area contributed by atoms with Crippen molar-refractivity contribution in [2.24, 2.45) is 0 Å². The second-order valence-corrected chi connectivity index (χ2v) is 6.15. The zero-order chi connectivity index (χ0) is 17.8. The monoisotopic (exact) mass is 344 g/mol. The lowest BCUT2D eigenvalue weighted by Crippen LogP contribution is -2.44. The van der Waals surface area contributed by atoms with Gasteiger partial charge in [-0.3, -0.25) is 10.1 Å². The molecule has 0 aromatic heterocycles. The fourth-order valence-corrected chi connectivity index (χ4v) is 2.06. The number of aliphatic carboxylic acids is 1. The smallest absolute Gasteiger partial charge is 0.408 e. The van der Waals surface area contributed by atoms with Gasteiger partial charge in [0.25, 0.3) is 5.69 Å². The van der Waals surface area contributed by atoms with Gasteiger partial charge >= 0.3 is 12.1 Å². The number of hydrogen-bond acceptors (Lipinski definition) is 5. The van der Waals surface area contributed by atoms with Crippen LogP contribution < -0.4 is 5.32 Å². The van der Waals surface area contributed by atoms with Crippen LogP contribution in [0.1, 0.15) is 26.3 Å². The van der Waals surface area contributed by atoms with Crippen molar-refractivity contribution in [2.45, 2.75) is 38.8 Å². The summed E-state index contributed by atoms with van der Waals surface area (Å²) in [5.41, 5.74) is -1.08. The number of amides is 1. The van der Waals surface area contributed by atoms with Gasteiger partial charge < -0.3 is 15.2 Å². The van der Waals surface area contributed by atoms with Gasteiger partial charge in [-0.1, -0.05) is 23.7 Å². The average molecular weight is 345 g/mol. The van der Waals surface area contributed by atoms with Crippen LogP contribution >= 0.6 is 11.6 Å². The maximum absolute atomic E-state index is 11.7. The molecule has 0 saturated carbocycles. The number of carbonyl (C=O) groups excluding carboxylic acids is 1. The first-order valence-electron chi connectivity index (χ1n) is 6.65. The van der Waals surface area contributed by atoms with Crippen molar-refractivity contribution in [3.63, 3.8) is 0 Å². The number of carboxylic acid groups (broad SMARTS) is 1. The summed E-state index contributed by atoms with van der Waals surface area (Å²) < 4.78 is 4.98. The molecule has 9 heteroatoms. The van der Waals surface area contributed by atoms with E-state index in [0.717, 1.165) is 0 Å². The molecule has 0 aliphatic heterocycles. The van der Waals surface area contributed by atoms with E-state index < -0.39 is 28.6 Å². The van der Waals surface area contributed by atoms with Gasteiger partial charge in [0.05, 0.1) is 4.92 Å². The number of halogens is 1. The predicted octanol–water partition coefficient (Wildman–Crippen LogP) is 2.77. The average Bonchev–Trinajstić information content (AvgIpc) is 2.34. The van der Waals surface area contributed by atoms with Crippen molar-refractivity contribution in [3.05, 3.63) is 38.9 Å². The highest BCUT2D eigenvalue weighted by molar-refractivity contribution is 6.32. The van der Waals surface area contributed by atoms with E-state index in [2.05, 4.69) is 5.32 Å². The van der Waals surface area contributed by atoms with Crippen LogP contribution in [-0.4, -0.2) is 33.7 Å². The van der Waals surface area contributed by atoms with Crippen LogP contribution in [0.4, 0.5) is 10.5 Å². The van der Waals surface area contributed by atoms with E-state index in [4.69, 9.17) is 16.3 Å². The number of benzene rings is 1. The number of carbonyl (C=O) groups is 2. The number of nitrogens with zero attached hydrogens (tertiary/aromatic N) is 1. The van der Waals surface area contributed by atoms with E-state index in [-0.39, 0.29) is 22.7 Å². The Morgan fingerprint density at radius 2 is 2.04 bits per heavy atom. The van der Waals surface area contributed by atoms with Crippen LogP contribution in [0.3, 0.4) is 0 Å². The number of hydrogen-bond donors (Lipinski definition) is 2. The fraction of sp³-hybridized carbons (Fsp3) is 0.429. The molecule has 2 N–H and O–H groups in total. The number of carboxylic acids is 1. The molecule has 0 bridgehead atoms.